The smallest absolute Gasteiger partial charge is 0.168 e. The number of Topliss-reactive ketones (excluding diaryl/α,β-unsaturated/α-hetero) is 1. The molecule has 1 nitrogen and oxygen atoms in total. The lowest BCUT2D eigenvalue weighted by Gasteiger charge is -2.21. The van der Waals surface area contributed by atoms with Crippen molar-refractivity contribution in [2.75, 3.05) is 0 Å². The lowest BCUT2D eigenvalue weighted by molar-refractivity contribution is 0.0833. The van der Waals surface area contributed by atoms with E-state index in [4.69, 9.17) is 0 Å². The lowest BCUT2D eigenvalue weighted by Crippen LogP contribution is -2.23. The minimum atomic E-state index is -0.245. The van der Waals surface area contributed by atoms with Crippen LogP contribution in [0.4, 0.5) is 0 Å². The molecule has 88 valence electrons. The molecule has 0 aromatic heterocycles. The summed E-state index contributed by atoms with van der Waals surface area (Å²) in [6, 6.07) is 8.06. The monoisotopic (exact) mass is 218 g/mol. The molecule has 1 heteroatoms. The van der Waals surface area contributed by atoms with E-state index in [9.17, 15) is 4.79 Å². The first-order chi connectivity index (χ1) is 7.51. The summed E-state index contributed by atoms with van der Waals surface area (Å²) in [6.45, 7) is 8.25. The molecule has 0 aliphatic rings. The largest absolute Gasteiger partial charge is 0.294 e. The van der Waals surface area contributed by atoms with Gasteiger partial charge in [-0.1, -0.05) is 52.3 Å². The third-order valence-corrected chi connectivity index (χ3v) is 3.23. The standard InChI is InChI=1S/C15H22O/c1-5-8-12-9-7-10-13(11-12)14(16)15(3,4)6-2/h7,9-11H,5-6,8H2,1-4H3. The van der Waals surface area contributed by atoms with Crippen LogP contribution in [0.15, 0.2) is 24.3 Å². The van der Waals surface area contributed by atoms with Gasteiger partial charge in [0, 0.05) is 11.0 Å². The molecule has 0 aliphatic carbocycles. The Hall–Kier alpha value is -1.11. The molecule has 0 heterocycles. The molecular weight excluding hydrogens is 196 g/mol. The third kappa shape index (κ3) is 2.94. The van der Waals surface area contributed by atoms with Crippen molar-refractivity contribution in [2.45, 2.75) is 47.0 Å². The van der Waals surface area contributed by atoms with Crippen LogP contribution in [0, 0.1) is 5.41 Å². The maximum atomic E-state index is 12.3. The zero-order valence-electron chi connectivity index (χ0n) is 10.8. The lowest BCUT2D eigenvalue weighted by atomic mass is 9.81. The Morgan fingerprint density at radius 3 is 2.50 bits per heavy atom. The number of carbonyl (C=O) groups is 1. The van der Waals surface area contributed by atoms with Crippen molar-refractivity contribution in [3.05, 3.63) is 35.4 Å². The number of rotatable bonds is 5. The van der Waals surface area contributed by atoms with E-state index in [1.54, 1.807) is 0 Å². The molecular formula is C15H22O. The van der Waals surface area contributed by atoms with Gasteiger partial charge in [0.1, 0.15) is 0 Å². The summed E-state index contributed by atoms with van der Waals surface area (Å²) < 4.78 is 0. The molecule has 1 rings (SSSR count). The van der Waals surface area contributed by atoms with E-state index in [1.807, 2.05) is 32.0 Å². The van der Waals surface area contributed by atoms with Gasteiger partial charge >= 0.3 is 0 Å². The van der Waals surface area contributed by atoms with Crippen LogP contribution in [0.2, 0.25) is 0 Å². The number of benzene rings is 1. The van der Waals surface area contributed by atoms with Crippen molar-refractivity contribution in [1.29, 1.82) is 0 Å². The molecule has 0 saturated carbocycles. The molecule has 0 radical (unpaired) electrons. The Balaban J connectivity index is 2.96. The van der Waals surface area contributed by atoms with Crippen LogP contribution in [0.25, 0.3) is 0 Å². The number of hydrogen-bond acceptors (Lipinski definition) is 1. The average Bonchev–Trinajstić information content (AvgIpc) is 2.29. The average molecular weight is 218 g/mol. The second kappa shape index (κ2) is 5.29. The van der Waals surface area contributed by atoms with Crippen molar-refractivity contribution >= 4 is 5.78 Å². The van der Waals surface area contributed by atoms with Crippen molar-refractivity contribution in [3.63, 3.8) is 0 Å². The zero-order chi connectivity index (χ0) is 12.2. The first-order valence-electron chi connectivity index (χ1n) is 6.15. The second-order valence-corrected chi connectivity index (χ2v) is 5.02. The van der Waals surface area contributed by atoms with E-state index in [2.05, 4.69) is 19.9 Å². The fraction of sp³-hybridized carbons (Fsp3) is 0.533. The van der Waals surface area contributed by atoms with Crippen LogP contribution >= 0.6 is 0 Å². The van der Waals surface area contributed by atoms with Crippen LogP contribution in [-0.2, 0) is 6.42 Å². The van der Waals surface area contributed by atoms with Crippen molar-refractivity contribution in [1.82, 2.24) is 0 Å². The minimum absolute atomic E-state index is 0.245. The molecule has 0 spiro atoms. The highest BCUT2D eigenvalue weighted by Gasteiger charge is 2.26. The van der Waals surface area contributed by atoms with E-state index in [1.165, 1.54) is 5.56 Å². The summed E-state index contributed by atoms with van der Waals surface area (Å²) in [5.74, 6) is 0.257. The summed E-state index contributed by atoms with van der Waals surface area (Å²) in [5, 5.41) is 0. The predicted molar refractivity (Wildman–Crippen MR) is 68.8 cm³/mol. The van der Waals surface area contributed by atoms with Crippen LogP contribution in [0.3, 0.4) is 0 Å². The Morgan fingerprint density at radius 2 is 1.94 bits per heavy atom. The normalized spacial score (nSPS) is 11.5. The summed E-state index contributed by atoms with van der Waals surface area (Å²) in [5.41, 5.74) is 1.88. The SMILES string of the molecule is CCCc1cccc(C(=O)C(C)(C)CC)c1. The Bertz CT molecular complexity index is 363. The first kappa shape index (κ1) is 13.0. The minimum Gasteiger partial charge on any atom is -0.294 e. The maximum Gasteiger partial charge on any atom is 0.168 e. The van der Waals surface area contributed by atoms with Gasteiger partial charge in [0.25, 0.3) is 0 Å². The van der Waals surface area contributed by atoms with E-state index in [0.29, 0.717) is 0 Å². The van der Waals surface area contributed by atoms with Gasteiger partial charge in [-0.15, -0.1) is 0 Å². The number of aryl methyl sites for hydroxylation is 1. The summed E-state index contributed by atoms with van der Waals surface area (Å²) in [7, 11) is 0. The van der Waals surface area contributed by atoms with Crippen molar-refractivity contribution < 1.29 is 4.79 Å². The molecule has 0 atom stereocenters. The predicted octanol–water partition coefficient (Wildman–Crippen LogP) is 4.26. The highest BCUT2D eigenvalue weighted by molar-refractivity contribution is 6.00. The Morgan fingerprint density at radius 1 is 1.25 bits per heavy atom. The molecule has 0 aliphatic heterocycles. The number of carbonyl (C=O) groups excluding carboxylic acids is 1. The van der Waals surface area contributed by atoms with Crippen LogP contribution in [0.1, 0.15) is 56.5 Å². The van der Waals surface area contributed by atoms with Crippen LogP contribution in [0.5, 0.6) is 0 Å². The fourth-order valence-corrected chi connectivity index (χ4v) is 1.71. The van der Waals surface area contributed by atoms with Crippen LogP contribution in [-0.4, -0.2) is 5.78 Å². The first-order valence-corrected chi connectivity index (χ1v) is 6.15. The number of hydrogen-bond donors (Lipinski definition) is 0. The summed E-state index contributed by atoms with van der Waals surface area (Å²) >= 11 is 0. The van der Waals surface area contributed by atoms with Gasteiger partial charge in [-0.2, -0.15) is 0 Å². The van der Waals surface area contributed by atoms with Crippen molar-refractivity contribution in [3.8, 4) is 0 Å². The third-order valence-electron chi connectivity index (χ3n) is 3.23. The quantitative estimate of drug-likeness (QED) is 0.675. The second-order valence-electron chi connectivity index (χ2n) is 5.02. The van der Waals surface area contributed by atoms with Gasteiger partial charge in [0.2, 0.25) is 0 Å². The molecule has 0 bridgehead atoms. The molecule has 0 amide bonds. The maximum absolute atomic E-state index is 12.3. The van der Waals surface area contributed by atoms with E-state index in [-0.39, 0.29) is 11.2 Å². The van der Waals surface area contributed by atoms with Gasteiger partial charge in [-0.25, -0.2) is 0 Å². The van der Waals surface area contributed by atoms with Gasteiger partial charge in [0.05, 0.1) is 0 Å². The molecule has 0 fully saturated rings. The highest BCUT2D eigenvalue weighted by Crippen LogP contribution is 2.25. The summed E-state index contributed by atoms with van der Waals surface area (Å²) in [4.78, 5) is 12.3. The molecule has 0 saturated heterocycles. The van der Waals surface area contributed by atoms with E-state index >= 15 is 0 Å². The Kier molecular flexibility index (Phi) is 4.28. The molecule has 0 unspecified atom stereocenters. The van der Waals surface area contributed by atoms with Gasteiger partial charge in [0.15, 0.2) is 5.78 Å². The highest BCUT2D eigenvalue weighted by atomic mass is 16.1. The molecule has 1 aromatic carbocycles. The van der Waals surface area contributed by atoms with Gasteiger partial charge in [-0.05, 0) is 24.5 Å². The Labute approximate surface area is 98.9 Å². The van der Waals surface area contributed by atoms with Gasteiger partial charge in [-0.3, -0.25) is 4.79 Å². The molecule has 0 N–H and O–H groups in total. The zero-order valence-corrected chi connectivity index (χ0v) is 10.8. The molecule has 1 aromatic rings. The summed E-state index contributed by atoms with van der Waals surface area (Å²) in [6.07, 6.45) is 3.05. The van der Waals surface area contributed by atoms with E-state index < -0.39 is 0 Å². The van der Waals surface area contributed by atoms with Gasteiger partial charge < -0.3 is 0 Å². The fourth-order valence-electron chi connectivity index (χ4n) is 1.71. The van der Waals surface area contributed by atoms with Crippen LogP contribution < -0.4 is 0 Å². The number of ketones is 1. The molecule has 16 heavy (non-hydrogen) atoms. The van der Waals surface area contributed by atoms with Crippen molar-refractivity contribution in [2.24, 2.45) is 5.41 Å². The topological polar surface area (TPSA) is 17.1 Å². The van der Waals surface area contributed by atoms with E-state index in [0.717, 1.165) is 24.8 Å².